The third-order valence-corrected chi connectivity index (χ3v) is 3.43. The van der Waals surface area contributed by atoms with E-state index in [2.05, 4.69) is 14.7 Å². The Hall–Kier alpha value is -2.25. The van der Waals surface area contributed by atoms with Gasteiger partial charge in [0.1, 0.15) is 0 Å². The van der Waals surface area contributed by atoms with Crippen molar-refractivity contribution in [2.75, 3.05) is 0 Å². The number of benzene rings is 1. The SMILES string of the molecule is O=C(Cc1ccc(-c2noc(C(F)(F)F)n2)cc1)C1(F)CC1. The fraction of sp³-hybridized carbons (Fsp3) is 0.357. The highest BCUT2D eigenvalue weighted by atomic mass is 19.4. The van der Waals surface area contributed by atoms with Crippen LogP contribution in [0, 0.1) is 0 Å². The summed E-state index contributed by atoms with van der Waals surface area (Å²) in [5.74, 6) is -2.09. The normalized spacial score (nSPS) is 16.5. The molecule has 0 unspecified atom stereocenters. The quantitative estimate of drug-likeness (QED) is 0.812. The van der Waals surface area contributed by atoms with Crippen LogP contribution in [0.15, 0.2) is 28.8 Å². The Bertz CT molecular complexity index is 702. The van der Waals surface area contributed by atoms with Crippen molar-refractivity contribution < 1.29 is 26.9 Å². The van der Waals surface area contributed by atoms with Crippen molar-refractivity contribution in [3.05, 3.63) is 35.7 Å². The van der Waals surface area contributed by atoms with E-state index in [1.807, 2.05) is 0 Å². The van der Waals surface area contributed by atoms with Gasteiger partial charge in [0.05, 0.1) is 0 Å². The van der Waals surface area contributed by atoms with E-state index in [0.717, 1.165) is 0 Å². The molecule has 0 spiro atoms. The van der Waals surface area contributed by atoms with Crippen molar-refractivity contribution in [3.8, 4) is 11.4 Å². The van der Waals surface area contributed by atoms with Gasteiger partial charge in [-0.25, -0.2) is 4.39 Å². The predicted molar refractivity (Wildman–Crippen MR) is 66.5 cm³/mol. The van der Waals surface area contributed by atoms with Gasteiger partial charge in [-0.3, -0.25) is 4.79 Å². The minimum atomic E-state index is -4.70. The molecule has 1 aromatic heterocycles. The van der Waals surface area contributed by atoms with Crippen LogP contribution in [-0.2, 0) is 17.4 Å². The van der Waals surface area contributed by atoms with E-state index in [4.69, 9.17) is 0 Å². The second-order valence-electron chi connectivity index (χ2n) is 5.18. The van der Waals surface area contributed by atoms with E-state index < -0.39 is 23.5 Å². The second-order valence-corrected chi connectivity index (χ2v) is 5.18. The molecule has 22 heavy (non-hydrogen) atoms. The highest BCUT2D eigenvalue weighted by Crippen LogP contribution is 2.41. The summed E-state index contributed by atoms with van der Waals surface area (Å²) in [7, 11) is 0. The smallest absolute Gasteiger partial charge is 0.329 e. The zero-order chi connectivity index (χ0) is 16.0. The van der Waals surface area contributed by atoms with Crippen LogP contribution in [0.1, 0.15) is 24.3 Å². The number of nitrogens with zero attached hydrogens (tertiary/aromatic N) is 2. The molecule has 2 aromatic rings. The summed E-state index contributed by atoms with van der Waals surface area (Å²) in [6.45, 7) is 0. The summed E-state index contributed by atoms with van der Waals surface area (Å²) in [6.07, 6.45) is -4.23. The molecular weight excluding hydrogens is 304 g/mol. The summed E-state index contributed by atoms with van der Waals surface area (Å²) >= 11 is 0. The molecule has 0 amide bonds. The van der Waals surface area contributed by atoms with Gasteiger partial charge in [0, 0.05) is 12.0 Å². The van der Waals surface area contributed by atoms with Gasteiger partial charge in [-0.2, -0.15) is 18.2 Å². The van der Waals surface area contributed by atoms with Crippen LogP contribution < -0.4 is 0 Å². The van der Waals surface area contributed by atoms with Crippen LogP contribution in [0.4, 0.5) is 17.6 Å². The van der Waals surface area contributed by atoms with Gasteiger partial charge in [0.25, 0.3) is 0 Å². The number of alkyl halides is 4. The first kappa shape index (κ1) is 14.7. The molecule has 3 rings (SSSR count). The van der Waals surface area contributed by atoms with Crippen molar-refractivity contribution in [2.45, 2.75) is 31.1 Å². The number of ketones is 1. The maximum absolute atomic E-state index is 13.5. The van der Waals surface area contributed by atoms with Crippen molar-refractivity contribution in [1.82, 2.24) is 10.1 Å². The highest BCUT2D eigenvalue weighted by molar-refractivity contribution is 5.91. The average molecular weight is 314 g/mol. The lowest BCUT2D eigenvalue weighted by atomic mass is 10.0. The molecule has 1 heterocycles. The Balaban J connectivity index is 1.74. The van der Waals surface area contributed by atoms with Crippen molar-refractivity contribution in [2.24, 2.45) is 0 Å². The highest BCUT2D eigenvalue weighted by Gasteiger charge is 2.49. The van der Waals surface area contributed by atoms with Crippen LogP contribution in [0.3, 0.4) is 0 Å². The van der Waals surface area contributed by atoms with E-state index in [0.29, 0.717) is 11.1 Å². The van der Waals surface area contributed by atoms with Gasteiger partial charge < -0.3 is 4.52 Å². The number of hydrogen-bond donors (Lipinski definition) is 0. The number of Topliss-reactive ketones (excluding diaryl/α,β-unsaturated/α-hetero) is 1. The number of carbonyl (C=O) groups excluding carboxylic acids is 1. The Labute approximate surface area is 122 Å². The summed E-state index contributed by atoms with van der Waals surface area (Å²) < 4.78 is 54.8. The lowest BCUT2D eigenvalue weighted by Crippen LogP contribution is -2.18. The molecule has 1 aromatic carbocycles. The lowest BCUT2D eigenvalue weighted by Gasteiger charge is -2.04. The van der Waals surface area contributed by atoms with Crippen LogP contribution in [-0.4, -0.2) is 21.6 Å². The molecule has 0 radical (unpaired) electrons. The average Bonchev–Trinajstić information content (AvgIpc) is 3.02. The maximum Gasteiger partial charge on any atom is 0.471 e. The fourth-order valence-corrected chi connectivity index (χ4v) is 1.96. The third kappa shape index (κ3) is 2.86. The van der Waals surface area contributed by atoms with Gasteiger partial charge in [-0.1, -0.05) is 29.4 Å². The molecule has 0 saturated heterocycles. The van der Waals surface area contributed by atoms with Crippen LogP contribution in [0.2, 0.25) is 0 Å². The van der Waals surface area contributed by atoms with Gasteiger partial charge in [0.2, 0.25) is 5.82 Å². The first-order chi connectivity index (χ1) is 10.3. The maximum atomic E-state index is 13.5. The van der Waals surface area contributed by atoms with E-state index in [1.165, 1.54) is 24.3 Å². The molecule has 1 aliphatic rings. The first-order valence-corrected chi connectivity index (χ1v) is 6.50. The summed E-state index contributed by atoms with van der Waals surface area (Å²) in [4.78, 5) is 14.9. The van der Waals surface area contributed by atoms with E-state index in [-0.39, 0.29) is 25.1 Å². The summed E-state index contributed by atoms with van der Waals surface area (Å²) in [6, 6.07) is 5.99. The number of hydrogen-bond acceptors (Lipinski definition) is 4. The van der Waals surface area contributed by atoms with Crippen molar-refractivity contribution >= 4 is 5.78 Å². The Morgan fingerprint density at radius 2 is 1.86 bits per heavy atom. The van der Waals surface area contributed by atoms with Gasteiger partial charge in [-0.15, -0.1) is 0 Å². The van der Waals surface area contributed by atoms with Crippen LogP contribution in [0.25, 0.3) is 11.4 Å². The molecule has 0 bridgehead atoms. The Morgan fingerprint density at radius 3 is 2.36 bits per heavy atom. The zero-order valence-electron chi connectivity index (χ0n) is 11.2. The molecule has 4 nitrogen and oxygen atoms in total. The molecule has 1 saturated carbocycles. The van der Waals surface area contributed by atoms with Gasteiger partial charge >= 0.3 is 12.1 Å². The molecular formula is C14H10F4N2O2. The minimum Gasteiger partial charge on any atom is -0.329 e. The molecule has 116 valence electrons. The number of carbonyl (C=O) groups is 1. The summed E-state index contributed by atoms with van der Waals surface area (Å²) in [5, 5.41) is 3.26. The first-order valence-electron chi connectivity index (χ1n) is 6.50. The second kappa shape index (κ2) is 4.89. The molecule has 0 aliphatic heterocycles. The number of rotatable bonds is 4. The Morgan fingerprint density at radius 1 is 1.23 bits per heavy atom. The Kier molecular flexibility index (Phi) is 3.26. The fourth-order valence-electron chi connectivity index (χ4n) is 1.96. The van der Waals surface area contributed by atoms with E-state index >= 15 is 0 Å². The molecule has 0 N–H and O–H groups in total. The largest absolute Gasteiger partial charge is 0.471 e. The van der Waals surface area contributed by atoms with E-state index in [9.17, 15) is 22.4 Å². The standard InChI is InChI=1S/C14H10F4N2O2/c15-13(5-6-13)10(21)7-8-1-3-9(4-2-8)11-19-12(22-20-11)14(16,17)18/h1-4H,5-7H2. The molecule has 1 fully saturated rings. The van der Waals surface area contributed by atoms with Crippen LogP contribution >= 0.6 is 0 Å². The number of aromatic nitrogens is 2. The molecule has 8 heteroatoms. The molecule has 1 aliphatic carbocycles. The topological polar surface area (TPSA) is 56.0 Å². The summed E-state index contributed by atoms with van der Waals surface area (Å²) in [5.41, 5.74) is -0.789. The third-order valence-electron chi connectivity index (χ3n) is 3.43. The lowest BCUT2D eigenvalue weighted by molar-refractivity contribution is -0.159. The number of halogens is 4. The predicted octanol–water partition coefficient (Wildman–Crippen LogP) is 3.37. The van der Waals surface area contributed by atoms with E-state index in [1.54, 1.807) is 0 Å². The monoisotopic (exact) mass is 314 g/mol. The molecule has 0 atom stereocenters. The van der Waals surface area contributed by atoms with Crippen molar-refractivity contribution in [1.29, 1.82) is 0 Å². The van der Waals surface area contributed by atoms with Crippen molar-refractivity contribution in [3.63, 3.8) is 0 Å². The van der Waals surface area contributed by atoms with Gasteiger partial charge in [-0.05, 0) is 18.4 Å². The van der Waals surface area contributed by atoms with Crippen LogP contribution in [0.5, 0.6) is 0 Å². The minimum absolute atomic E-state index is 0.0448. The zero-order valence-corrected chi connectivity index (χ0v) is 11.2. The van der Waals surface area contributed by atoms with Gasteiger partial charge in [0.15, 0.2) is 11.5 Å².